The molecule has 0 heterocycles. The molecule has 0 amide bonds. The second kappa shape index (κ2) is 7.65. The van der Waals surface area contributed by atoms with Gasteiger partial charge in [-0.2, -0.15) is 0 Å². The van der Waals surface area contributed by atoms with E-state index in [9.17, 15) is 0 Å². The van der Waals surface area contributed by atoms with E-state index in [2.05, 4.69) is 44.0 Å². The number of nitrogens with one attached hydrogen (secondary N) is 1. The van der Waals surface area contributed by atoms with Gasteiger partial charge in [-0.15, -0.1) is 0 Å². The Morgan fingerprint density at radius 2 is 1.89 bits per heavy atom. The fourth-order valence-corrected chi connectivity index (χ4v) is 2.31. The highest BCUT2D eigenvalue weighted by atomic mass is 35.5. The van der Waals surface area contributed by atoms with E-state index in [1.807, 2.05) is 12.1 Å². The van der Waals surface area contributed by atoms with Crippen LogP contribution in [-0.4, -0.2) is 19.6 Å². The molecule has 0 aliphatic rings. The third-order valence-corrected chi connectivity index (χ3v) is 3.41. The van der Waals surface area contributed by atoms with Crippen molar-refractivity contribution in [1.29, 1.82) is 0 Å². The van der Waals surface area contributed by atoms with Crippen molar-refractivity contribution < 1.29 is 0 Å². The van der Waals surface area contributed by atoms with Crippen LogP contribution in [0.1, 0.15) is 33.3 Å². The van der Waals surface area contributed by atoms with Gasteiger partial charge < -0.3 is 10.2 Å². The summed E-state index contributed by atoms with van der Waals surface area (Å²) in [5, 5.41) is 4.33. The largest absolute Gasteiger partial charge is 0.372 e. The van der Waals surface area contributed by atoms with Crippen LogP contribution in [0, 0.1) is 5.92 Å². The quantitative estimate of drug-likeness (QED) is 0.806. The van der Waals surface area contributed by atoms with Crippen LogP contribution in [-0.2, 0) is 6.54 Å². The Labute approximate surface area is 116 Å². The van der Waals surface area contributed by atoms with E-state index in [0.717, 1.165) is 31.2 Å². The lowest BCUT2D eigenvalue weighted by atomic mass is 10.1. The van der Waals surface area contributed by atoms with Crippen LogP contribution in [0.2, 0.25) is 5.02 Å². The van der Waals surface area contributed by atoms with Crippen LogP contribution in [0.3, 0.4) is 0 Å². The van der Waals surface area contributed by atoms with Crippen LogP contribution < -0.4 is 10.2 Å². The van der Waals surface area contributed by atoms with Gasteiger partial charge in [-0.05, 0) is 38.4 Å². The molecule has 102 valence electrons. The van der Waals surface area contributed by atoms with Crippen LogP contribution in [0.15, 0.2) is 18.2 Å². The maximum absolute atomic E-state index is 6.34. The Bertz CT molecular complexity index is 360. The molecule has 0 saturated carbocycles. The number of anilines is 1. The molecule has 18 heavy (non-hydrogen) atoms. The van der Waals surface area contributed by atoms with Gasteiger partial charge in [-0.1, -0.05) is 31.5 Å². The SMILES string of the molecule is CCN(CC)c1cccc(Cl)c1CNCC(C)C. The molecule has 1 aromatic carbocycles. The first kappa shape index (κ1) is 15.3. The summed E-state index contributed by atoms with van der Waals surface area (Å²) in [5.74, 6) is 0.657. The first-order chi connectivity index (χ1) is 8.60. The molecule has 0 spiro atoms. The van der Waals surface area contributed by atoms with E-state index in [1.165, 1.54) is 11.3 Å². The number of nitrogens with zero attached hydrogens (tertiary/aromatic N) is 1. The number of rotatable bonds is 7. The fourth-order valence-electron chi connectivity index (χ4n) is 2.07. The number of benzene rings is 1. The standard InChI is InChI=1S/C15H25ClN2/c1-5-18(6-2)15-9-7-8-14(16)13(15)11-17-10-12(3)4/h7-9,12,17H,5-6,10-11H2,1-4H3. The van der Waals surface area contributed by atoms with E-state index in [-0.39, 0.29) is 0 Å². The minimum atomic E-state index is 0.657. The minimum Gasteiger partial charge on any atom is -0.372 e. The molecule has 2 nitrogen and oxygen atoms in total. The van der Waals surface area contributed by atoms with Gasteiger partial charge in [0.15, 0.2) is 0 Å². The summed E-state index contributed by atoms with van der Waals surface area (Å²) < 4.78 is 0. The molecule has 0 saturated heterocycles. The number of halogens is 1. The van der Waals surface area contributed by atoms with Crippen LogP contribution in [0.4, 0.5) is 5.69 Å². The highest BCUT2D eigenvalue weighted by Crippen LogP contribution is 2.27. The molecule has 0 radical (unpaired) electrons. The molecule has 0 unspecified atom stereocenters. The third kappa shape index (κ3) is 4.18. The molecule has 1 aromatic rings. The maximum Gasteiger partial charge on any atom is 0.0471 e. The smallest absolute Gasteiger partial charge is 0.0471 e. The molecular weight excluding hydrogens is 244 g/mol. The number of hydrogen-bond acceptors (Lipinski definition) is 2. The highest BCUT2D eigenvalue weighted by Gasteiger charge is 2.11. The predicted octanol–water partition coefficient (Wildman–Crippen LogP) is 3.93. The van der Waals surface area contributed by atoms with E-state index in [4.69, 9.17) is 11.6 Å². The monoisotopic (exact) mass is 268 g/mol. The van der Waals surface area contributed by atoms with Gasteiger partial charge in [0.2, 0.25) is 0 Å². The van der Waals surface area contributed by atoms with Crippen LogP contribution >= 0.6 is 11.6 Å². The van der Waals surface area contributed by atoms with Crippen molar-refractivity contribution in [2.24, 2.45) is 5.92 Å². The fraction of sp³-hybridized carbons (Fsp3) is 0.600. The second-order valence-corrected chi connectivity index (χ2v) is 5.34. The van der Waals surface area contributed by atoms with Crippen molar-refractivity contribution >= 4 is 17.3 Å². The summed E-state index contributed by atoms with van der Waals surface area (Å²) in [7, 11) is 0. The van der Waals surface area contributed by atoms with Crippen molar-refractivity contribution in [1.82, 2.24) is 5.32 Å². The normalized spacial score (nSPS) is 11.0. The molecular formula is C15H25ClN2. The topological polar surface area (TPSA) is 15.3 Å². The second-order valence-electron chi connectivity index (χ2n) is 4.93. The Hall–Kier alpha value is -0.730. The van der Waals surface area contributed by atoms with Crippen LogP contribution in [0.25, 0.3) is 0 Å². The number of hydrogen-bond donors (Lipinski definition) is 1. The summed E-state index contributed by atoms with van der Waals surface area (Å²) in [6, 6.07) is 6.16. The lowest BCUT2D eigenvalue weighted by molar-refractivity contribution is 0.552. The van der Waals surface area contributed by atoms with Crippen molar-refractivity contribution in [3.05, 3.63) is 28.8 Å². The van der Waals surface area contributed by atoms with Crippen molar-refractivity contribution in [2.75, 3.05) is 24.5 Å². The predicted molar refractivity (Wildman–Crippen MR) is 81.6 cm³/mol. The molecule has 0 bridgehead atoms. The first-order valence-corrected chi connectivity index (χ1v) is 7.20. The Kier molecular flexibility index (Phi) is 6.51. The summed E-state index contributed by atoms with van der Waals surface area (Å²) in [6.45, 7) is 12.6. The van der Waals surface area contributed by atoms with Gasteiger partial charge >= 0.3 is 0 Å². The Morgan fingerprint density at radius 3 is 2.44 bits per heavy atom. The lowest BCUT2D eigenvalue weighted by Crippen LogP contribution is -2.26. The lowest BCUT2D eigenvalue weighted by Gasteiger charge is -2.25. The average molecular weight is 269 g/mol. The Balaban J connectivity index is 2.86. The van der Waals surface area contributed by atoms with Crippen molar-refractivity contribution in [2.45, 2.75) is 34.2 Å². The molecule has 1 N–H and O–H groups in total. The zero-order valence-electron chi connectivity index (χ0n) is 12.0. The highest BCUT2D eigenvalue weighted by molar-refractivity contribution is 6.31. The third-order valence-electron chi connectivity index (χ3n) is 3.05. The molecule has 0 aromatic heterocycles. The molecule has 0 atom stereocenters. The van der Waals surface area contributed by atoms with Crippen LogP contribution in [0.5, 0.6) is 0 Å². The maximum atomic E-state index is 6.34. The molecule has 1 rings (SSSR count). The van der Waals surface area contributed by atoms with Gasteiger partial charge in [-0.25, -0.2) is 0 Å². The van der Waals surface area contributed by atoms with Gasteiger partial charge in [0.25, 0.3) is 0 Å². The van der Waals surface area contributed by atoms with E-state index in [0.29, 0.717) is 5.92 Å². The van der Waals surface area contributed by atoms with Crippen molar-refractivity contribution in [3.8, 4) is 0 Å². The van der Waals surface area contributed by atoms with Gasteiger partial charge in [0, 0.05) is 35.9 Å². The van der Waals surface area contributed by atoms with Gasteiger partial charge in [0.1, 0.15) is 0 Å². The first-order valence-electron chi connectivity index (χ1n) is 6.83. The van der Waals surface area contributed by atoms with E-state index >= 15 is 0 Å². The molecule has 3 heteroatoms. The van der Waals surface area contributed by atoms with E-state index < -0.39 is 0 Å². The summed E-state index contributed by atoms with van der Waals surface area (Å²) in [5.41, 5.74) is 2.47. The summed E-state index contributed by atoms with van der Waals surface area (Å²) in [6.07, 6.45) is 0. The molecule has 0 aliphatic carbocycles. The zero-order valence-corrected chi connectivity index (χ0v) is 12.7. The average Bonchev–Trinajstić information content (AvgIpc) is 2.33. The summed E-state index contributed by atoms with van der Waals surface area (Å²) in [4.78, 5) is 2.35. The zero-order chi connectivity index (χ0) is 13.5. The van der Waals surface area contributed by atoms with E-state index in [1.54, 1.807) is 0 Å². The van der Waals surface area contributed by atoms with Gasteiger partial charge in [0.05, 0.1) is 0 Å². The van der Waals surface area contributed by atoms with Gasteiger partial charge in [-0.3, -0.25) is 0 Å². The minimum absolute atomic E-state index is 0.657. The molecule has 0 aliphatic heterocycles. The summed E-state index contributed by atoms with van der Waals surface area (Å²) >= 11 is 6.34. The van der Waals surface area contributed by atoms with Crippen molar-refractivity contribution in [3.63, 3.8) is 0 Å². The molecule has 0 fully saturated rings. The Morgan fingerprint density at radius 1 is 1.22 bits per heavy atom.